The molecule has 0 saturated heterocycles. The number of hydrogen-bond acceptors (Lipinski definition) is 2. The summed E-state index contributed by atoms with van der Waals surface area (Å²) in [7, 11) is 3.47. The number of nitrogens with one attached hydrogen (secondary N) is 1. The van der Waals surface area contributed by atoms with Crippen molar-refractivity contribution in [1.29, 1.82) is 0 Å². The molecule has 0 heterocycles. The first kappa shape index (κ1) is 19.4. The van der Waals surface area contributed by atoms with Crippen LogP contribution in [0.4, 0.5) is 0 Å². The number of methoxy groups -OCH3 is 2. The molecule has 0 unspecified atom stereocenters. The van der Waals surface area contributed by atoms with Crippen LogP contribution in [0.2, 0.25) is 0 Å². The minimum atomic E-state index is 0. The molecule has 0 saturated carbocycles. The maximum atomic E-state index is 5.13. The third kappa shape index (κ3) is 8.76. The predicted molar refractivity (Wildman–Crippen MR) is 67.6 cm³/mol. The molecule has 0 aromatic heterocycles. The largest absolute Gasteiger partial charge is 1.00 e. The van der Waals surface area contributed by atoms with E-state index in [4.69, 9.17) is 9.47 Å². The van der Waals surface area contributed by atoms with Gasteiger partial charge in [-0.1, -0.05) is 13.8 Å². The first-order chi connectivity index (χ1) is 7.44. The van der Waals surface area contributed by atoms with Gasteiger partial charge in [0.05, 0.1) is 19.8 Å². The number of rotatable bonds is 9. The third-order valence-electron chi connectivity index (χ3n) is 2.97. The van der Waals surface area contributed by atoms with Crippen molar-refractivity contribution in [2.45, 2.75) is 13.8 Å². The molecule has 0 aliphatic rings. The number of hydrogen-bond donors (Lipinski definition) is 1. The Hall–Kier alpha value is 0.0874. The molecule has 1 N–H and O–H groups in total. The molecular formula is C13H27LiNO2+. The first-order valence-corrected chi connectivity index (χ1v) is 5.77. The Morgan fingerprint density at radius 3 is 1.88 bits per heavy atom. The minimum absolute atomic E-state index is 0. The normalized spacial score (nSPS) is 11.4. The standard InChI is InChI=1S/C13H26NO2.Li/c1-12(2)13(3,4)11-14(7-9-15-5)8-10-16-6;/h1-2,7-11H2,3-6H3;/q-1;+1/p+1. The van der Waals surface area contributed by atoms with Crippen LogP contribution in [0.5, 0.6) is 0 Å². The van der Waals surface area contributed by atoms with Crippen LogP contribution in [0.15, 0.2) is 12.2 Å². The Labute approximate surface area is 119 Å². The van der Waals surface area contributed by atoms with Gasteiger partial charge in [-0.3, -0.25) is 0 Å². The van der Waals surface area contributed by atoms with E-state index in [9.17, 15) is 0 Å². The van der Waals surface area contributed by atoms with Crippen molar-refractivity contribution in [1.82, 2.24) is 0 Å². The first-order valence-electron chi connectivity index (χ1n) is 5.77. The molecule has 0 aromatic rings. The smallest absolute Gasteiger partial charge is 0.379 e. The van der Waals surface area contributed by atoms with E-state index in [2.05, 4.69) is 27.4 Å². The van der Waals surface area contributed by atoms with Crippen molar-refractivity contribution in [2.75, 3.05) is 47.1 Å². The third-order valence-corrected chi connectivity index (χ3v) is 2.97. The molecule has 0 aliphatic carbocycles. The minimum Gasteiger partial charge on any atom is -0.379 e. The van der Waals surface area contributed by atoms with E-state index in [0.717, 1.165) is 38.4 Å². The van der Waals surface area contributed by atoms with Crippen molar-refractivity contribution < 1.29 is 33.2 Å². The SMILES string of the molecule is C=C([CH2-])C(C)(C)C[NH+](CCOC)CCOC.[Li+]. The molecular weight excluding hydrogens is 209 g/mol. The molecule has 3 nitrogen and oxygen atoms in total. The van der Waals surface area contributed by atoms with Crippen molar-refractivity contribution >= 4 is 0 Å². The average molecular weight is 236 g/mol. The van der Waals surface area contributed by atoms with Crippen LogP contribution in [0, 0.1) is 12.3 Å². The average Bonchev–Trinajstić information content (AvgIpc) is 2.21. The Morgan fingerprint density at radius 1 is 1.18 bits per heavy atom. The van der Waals surface area contributed by atoms with Crippen LogP contribution < -0.4 is 23.8 Å². The van der Waals surface area contributed by atoms with Crippen LogP contribution in [-0.2, 0) is 9.47 Å². The van der Waals surface area contributed by atoms with Gasteiger partial charge in [-0.25, -0.2) is 19.1 Å². The number of quaternary nitrogens is 1. The van der Waals surface area contributed by atoms with Crippen molar-refractivity contribution in [3.05, 3.63) is 19.1 Å². The summed E-state index contributed by atoms with van der Waals surface area (Å²) in [6.45, 7) is 16.8. The molecule has 0 bridgehead atoms. The van der Waals surface area contributed by atoms with Gasteiger partial charge in [0.25, 0.3) is 0 Å². The fourth-order valence-electron chi connectivity index (χ4n) is 1.54. The number of ether oxygens (including phenoxy) is 2. The van der Waals surface area contributed by atoms with E-state index in [-0.39, 0.29) is 24.3 Å². The van der Waals surface area contributed by atoms with Gasteiger partial charge in [0, 0.05) is 19.6 Å². The van der Waals surface area contributed by atoms with Gasteiger partial charge in [-0.15, -0.1) is 0 Å². The second-order valence-corrected chi connectivity index (χ2v) is 4.90. The van der Waals surface area contributed by atoms with Gasteiger partial charge in [0.2, 0.25) is 0 Å². The van der Waals surface area contributed by atoms with Gasteiger partial charge in [0.1, 0.15) is 13.1 Å². The molecule has 17 heavy (non-hydrogen) atoms. The summed E-state index contributed by atoms with van der Waals surface area (Å²) < 4.78 is 10.3. The van der Waals surface area contributed by atoms with Crippen LogP contribution in [0.3, 0.4) is 0 Å². The zero-order chi connectivity index (χ0) is 12.6. The molecule has 0 aromatic carbocycles. The summed E-state index contributed by atoms with van der Waals surface area (Å²) in [5, 5.41) is 0. The van der Waals surface area contributed by atoms with E-state index < -0.39 is 0 Å². The fraction of sp³-hybridized carbons (Fsp3) is 0.769. The van der Waals surface area contributed by atoms with E-state index in [0.29, 0.717) is 0 Å². The zero-order valence-electron chi connectivity index (χ0n) is 12.3. The van der Waals surface area contributed by atoms with Crippen LogP contribution in [-0.4, -0.2) is 47.1 Å². The summed E-state index contributed by atoms with van der Waals surface area (Å²) in [6, 6.07) is 0. The second kappa shape index (κ2) is 10.1. The molecule has 0 fully saturated rings. The Kier molecular flexibility index (Phi) is 11.5. The van der Waals surface area contributed by atoms with Crippen LogP contribution in [0.25, 0.3) is 0 Å². The Morgan fingerprint density at radius 2 is 1.59 bits per heavy atom. The van der Waals surface area contributed by atoms with Crippen molar-refractivity contribution in [2.24, 2.45) is 5.41 Å². The molecule has 96 valence electrons. The van der Waals surface area contributed by atoms with Gasteiger partial charge in [0.15, 0.2) is 0 Å². The molecule has 0 atom stereocenters. The summed E-state index contributed by atoms with van der Waals surface area (Å²) >= 11 is 0. The van der Waals surface area contributed by atoms with E-state index in [1.807, 2.05) is 0 Å². The Balaban J connectivity index is 0. The molecule has 0 radical (unpaired) electrons. The molecule has 0 spiro atoms. The molecule has 0 rings (SSSR count). The van der Waals surface area contributed by atoms with Gasteiger partial charge >= 0.3 is 18.9 Å². The summed E-state index contributed by atoms with van der Waals surface area (Å²) in [5.41, 5.74) is 1.05. The van der Waals surface area contributed by atoms with Gasteiger partial charge < -0.3 is 14.4 Å². The fourth-order valence-corrected chi connectivity index (χ4v) is 1.54. The Bertz CT molecular complexity index is 200. The molecule has 0 aliphatic heterocycles. The van der Waals surface area contributed by atoms with Gasteiger partial charge in [-0.05, 0) is 0 Å². The quantitative estimate of drug-likeness (QED) is 0.356. The summed E-state index contributed by atoms with van der Waals surface area (Å²) in [6.07, 6.45) is 0. The van der Waals surface area contributed by atoms with Crippen LogP contribution in [0.1, 0.15) is 13.8 Å². The van der Waals surface area contributed by atoms with Crippen molar-refractivity contribution in [3.8, 4) is 0 Å². The summed E-state index contributed by atoms with van der Waals surface area (Å²) in [4.78, 5) is 1.47. The molecule has 0 amide bonds. The summed E-state index contributed by atoms with van der Waals surface area (Å²) in [5.74, 6) is 0. The predicted octanol–water partition coefficient (Wildman–Crippen LogP) is -2.42. The zero-order valence-corrected chi connectivity index (χ0v) is 12.3. The second-order valence-electron chi connectivity index (χ2n) is 4.90. The van der Waals surface area contributed by atoms with E-state index >= 15 is 0 Å². The maximum absolute atomic E-state index is 5.13. The van der Waals surface area contributed by atoms with Gasteiger partial charge in [-0.2, -0.15) is 0 Å². The van der Waals surface area contributed by atoms with Crippen LogP contribution >= 0.6 is 0 Å². The topological polar surface area (TPSA) is 22.9 Å². The van der Waals surface area contributed by atoms with E-state index in [1.165, 1.54) is 4.90 Å². The van der Waals surface area contributed by atoms with Crippen molar-refractivity contribution in [3.63, 3.8) is 0 Å². The van der Waals surface area contributed by atoms with E-state index in [1.54, 1.807) is 14.2 Å². The maximum Gasteiger partial charge on any atom is 1.00 e. The molecule has 4 heteroatoms. The monoisotopic (exact) mass is 236 g/mol.